The van der Waals surface area contributed by atoms with Gasteiger partial charge in [0.2, 0.25) is 0 Å². The van der Waals surface area contributed by atoms with Crippen molar-refractivity contribution in [1.29, 1.82) is 0 Å². The summed E-state index contributed by atoms with van der Waals surface area (Å²) in [7, 11) is 0. The van der Waals surface area contributed by atoms with E-state index in [0.717, 1.165) is 29.8 Å². The maximum atomic E-state index is 12.9. The van der Waals surface area contributed by atoms with Crippen LogP contribution in [0.5, 0.6) is 0 Å². The van der Waals surface area contributed by atoms with Crippen molar-refractivity contribution in [1.82, 2.24) is 15.1 Å². The van der Waals surface area contributed by atoms with Crippen LogP contribution in [-0.2, 0) is 6.54 Å². The Bertz CT molecular complexity index is 1480. The summed E-state index contributed by atoms with van der Waals surface area (Å²) in [5, 5.41) is 13.7. The maximum Gasteiger partial charge on any atom is 0.323 e. The highest BCUT2D eigenvalue weighted by Crippen LogP contribution is 2.24. The second kappa shape index (κ2) is 11.7. The van der Waals surface area contributed by atoms with Gasteiger partial charge in [0, 0.05) is 36.5 Å². The molecule has 1 aliphatic rings. The Labute approximate surface area is 232 Å². The number of rotatable bonds is 6. The summed E-state index contributed by atoms with van der Waals surface area (Å²) in [6.07, 6.45) is 1.67. The first-order valence-electron chi connectivity index (χ1n) is 12.9. The van der Waals surface area contributed by atoms with Gasteiger partial charge in [-0.25, -0.2) is 9.48 Å². The van der Waals surface area contributed by atoms with Crippen molar-refractivity contribution in [2.24, 2.45) is 0 Å². The zero-order valence-electron chi connectivity index (χ0n) is 21.9. The third-order valence-corrected chi connectivity index (χ3v) is 7.01. The van der Waals surface area contributed by atoms with Crippen molar-refractivity contribution in [3.63, 3.8) is 0 Å². The third-order valence-electron chi connectivity index (χ3n) is 6.66. The fourth-order valence-electron chi connectivity index (χ4n) is 4.85. The molecule has 1 aliphatic heterocycles. The largest absolute Gasteiger partial charge is 0.366 e. The third kappa shape index (κ3) is 6.47. The standard InChI is InChI=1S/C30H31ClN6O2/c1-20-17-36(18-21(2)33-20)27-16-32-37(29(38)28(27)31)19-22-8-12-25(13-9-22)34-30(39)35-26-14-10-24(11-15-26)23-6-4-3-5-7-23/h3-16,20-21,33H,17-19H2,1-2H3,(H2,34,35,39)/t20-,21+. The van der Waals surface area contributed by atoms with Crippen LogP contribution in [0.1, 0.15) is 19.4 Å². The molecule has 39 heavy (non-hydrogen) atoms. The normalized spacial score (nSPS) is 17.1. The van der Waals surface area contributed by atoms with E-state index in [0.29, 0.717) is 29.1 Å². The Morgan fingerprint density at radius 3 is 2.08 bits per heavy atom. The van der Waals surface area contributed by atoms with E-state index >= 15 is 0 Å². The number of nitrogens with zero attached hydrogens (tertiary/aromatic N) is 3. The minimum atomic E-state index is -0.341. The Morgan fingerprint density at radius 1 is 0.897 bits per heavy atom. The topological polar surface area (TPSA) is 91.3 Å². The Hall–Kier alpha value is -4.14. The molecule has 0 bridgehead atoms. The highest BCUT2D eigenvalue weighted by molar-refractivity contribution is 6.33. The molecule has 1 saturated heterocycles. The lowest BCUT2D eigenvalue weighted by Crippen LogP contribution is -2.54. The molecular formula is C30H31ClN6O2. The number of amides is 2. The molecule has 4 aromatic rings. The predicted molar refractivity (Wildman–Crippen MR) is 158 cm³/mol. The zero-order valence-corrected chi connectivity index (χ0v) is 22.7. The Kier molecular flexibility index (Phi) is 7.95. The minimum absolute atomic E-state index is 0.179. The highest BCUT2D eigenvalue weighted by atomic mass is 35.5. The van der Waals surface area contributed by atoms with Gasteiger partial charge in [0.15, 0.2) is 0 Å². The Morgan fingerprint density at radius 2 is 1.46 bits per heavy atom. The van der Waals surface area contributed by atoms with Crippen LogP contribution < -0.4 is 26.4 Å². The summed E-state index contributed by atoms with van der Waals surface area (Å²) in [5.74, 6) is 0. The number of urea groups is 1. The minimum Gasteiger partial charge on any atom is -0.366 e. The highest BCUT2D eigenvalue weighted by Gasteiger charge is 2.24. The number of halogens is 1. The molecule has 1 fully saturated rings. The van der Waals surface area contributed by atoms with Gasteiger partial charge in [-0.3, -0.25) is 4.79 Å². The van der Waals surface area contributed by atoms with E-state index in [1.165, 1.54) is 4.68 Å². The molecule has 9 heteroatoms. The van der Waals surface area contributed by atoms with Crippen molar-refractivity contribution >= 4 is 34.7 Å². The fourth-order valence-corrected chi connectivity index (χ4v) is 5.12. The molecule has 0 unspecified atom stereocenters. The van der Waals surface area contributed by atoms with E-state index in [1.807, 2.05) is 66.7 Å². The molecule has 2 amide bonds. The number of nitrogens with one attached hydrogen (secondary N) is 3. The number of aromatic nitrogens is 2. The van der Waals surface area contributed by atoms with Crippen LogP contribution in [0.15, 0.2) is 89.9 Å². The molecule has 1 aromatic heterocycles. The second-order valence-electron chi connectivity index (χ2n) is 9.90. The molecular weight excluding hydrogens is 512 g/mol. The number of hydrogen-bond acceptors (Lipinski definition) is 5. The van der Waals surface area contributed by atoms with Crippen LogP contribution in [0.25, 0.3) is 11.1 Å². The van der Waals surface area contributed by atoms with Crippen LogP contribution in [0.3, 0.4) is 0 Å². The van der Waals surface area contributed by atoms with Crippen LogP contribution in [0.2, 0.25) is 5.02 Å². The van der Waals surface area contributed by atoms with Crippen molar-refractivity contribution in [3.8, 4) is 11.1 Å². The lowest BCUT2D eigenvalue weighted by molar-refractivity contribution is 0.262. The number of anilines is 3. The lowest BCUT2D eigenvalue weighted by Gasteiger charge is -2.37. The molecule has 5 rings (SSSR count). The summed E-state index contributed by atoms with van der Waals surface area (Å²) in [6.45, 7) is 6.01. The van der Waals surface area contributed by atoms with Gasteiger partial charge in [-0.2, -0.15) is 5.10 Å². The van der Waals surface area contributed by atoms with Crippen molar-refractivity contribution in [3.05, 3.63) is 106 Å². The summed E-state index contributed by atoms with van der Waals surface area (Å²) < 4.78 is 1.36. The molecule has 3 N–H and O–H groups in total. The SMILES string of the molecule is C[C@@H]1CN(c2cnn(Cc3ccc(NC(=O)Nc4ccc(-c5ccccc5)cc4)cc3)c(=O)c2Cl)C[C@H](C)N1. The summed E-state index contributed by atoms with van der Waals surface area (Å²) in [4.78, 5) is 27.6. The van der Waals surface area contributed by atoms with E-state index < -0.39 is 0 Å². The van der Waals surface area contributed by atoms with Gasteiger partial charge in [0.05, 0.1) is 18.4 Å². The van der Waals surface area contributed by atoms with Gasteiger partial charge in [-0.05, 0) is 54.8 Å². The van der Waals surface area contributed by atoms with E-state index in [9.17, 15) is 9.59 Å². The average molecular weight is 543 g/mol. The van der Waals surface area contributed by atoms with Gasteiger partial charge in [-0.15, -0.1) is 0 Å². The molecule has 0 radical (unpaired) electrons. The number of piperazine rings is 1. The van der Waals surface area contributed by atoms with E-state index in [-0.39, 0.29) is 23.2 Å². The fraction of sp³-hybridized carbons (Fsp3) is 0.233. The molecule has 2 heterocycles. The van der Waals surface area contributed by atoms with Gasteiger partial charge in [-0.1, -0.05) is 66.2 Å². The molecule has 200 valence electrons. The van der Waals surface area contributed by atoms with Crippen LogP contribution in [-0.4, -0.2) is 41.0 Å². The maximum absolute atomic E-state index is 12.9. The van der Waals surface area contributed by atoms with Gasteiger partial charge in [0.25, 0.3) is 5.56 Å². The quantitative estimate of drug-likeness (QED) is 0.302. The number of hydrogen-bond donors (Lipinski definition) is 3. The number of carbonyl (C=O) groups is 1. The van der Waals surface area contributed by atoms with E-state index in [2.05, 4.69) is 39.8 Å². The molecule has 0 aliphatic carbocycles. The van der Waals surface area contributed by atoms with Gasteiger partial charge in [0.1, 0.15) is 5.02 Å². The number of benzene rings is 3. The molecule has 3 aromatic carbocycles. The monoisotopic (exact) mass is 542 g/mol. The van der Waals surface area contributed by atoms with E-state index in [4.69, 9.17) is 11.6 Å². The first-order chi connectivity index (χ1) is 18.9. The van der Waals surface area contributed by atoms with Crippen LogP contribution >= 0.6 is 11.6 Å². The number of carbonyl (C=O) groups excluding carboxylic acids is 1. The van der Waals surface area contributed by atoms with Gasteiger partial charge < -0.3 is 20.9 Å². The second-order valence-corrected chi connectivity index (χ2v) is 10.3. The van der Waals surface area contributed by atoms with E-state index in [1.54, 1.807) is 18.3 Å². The van der Waals surface area contributed by atoms with Crippen molar-refractivity contribution in [2.75, 3.05) is 28.6 Å². The summed E-state index contributed by atoms with van der Waals surface area (Å²) in [6, 6.07) is 25.3. The summed E-state index contributed by atoms with van der Waals surface area (Å²) >= 11 is 6.49. The molecule has 0 saturated carbocycles. The zero-order chi connectivity index (χ0) is 27.4. The van der Waals surface area contributed by atoms with Crippen LogP contribution in [0, 0.1) is 0 Å². The molecule has 2 atom stereocenters. The predicted octanol–water partition coefficient (Wildman–Crippen LogP) is 5.44. The van der Waals surface area contributed by atoms with Gasteiger partial charge >= 0.3 is 6.03 Å². The smallest absolute Gasteiger partial charge is 0.323 e. The summed E-state index contributed by atoms with van der Waals surface area (Å²) in [5.41, 5.74) is 4.72. The molecule has 0 spiro atoms. The first-order valence-corrected chi connectivity index (χ1v) is 13.3. The van der Waals surface area contributed by atoms with Crippen LogP contribution in [0.4, 0.5) is 21.9 Å². The first kappa shape index (κ1) is 26.5. The molecule has 8 nitrogen and oxygen atoms in total. The van der Waals surface area contributed by atoms with Crippen molar-refractivity contribution in [2.45, 2.75) is 32.5 Å². The lowest BCUT2D eigenvalue weighted by atomic mass is 10.1. The average Bonchev–Trinajstić information content (AvgIpc) is 2.93. The van der Waals surface area contributed by atoms with Crippen molar-refractivity contribution < 1.29 is 4.79 Å². The Balaban J connectivity index is 1.19.